The highest BCUT2D eigenvalue weighted by Crippen LogP contribution is 2.27. The summed E-state index contributed by atoms with van der Waals surface area (Å²) in [5, 5.41) is 0. The standard InChI is InChI=1S/C24H25N3O/c28-24(23(21-9-3-1-4-10-21)22-11-5-2-6-12-22)27-16-14-26(15-17-27)19-20-8-7-13-25-18-20/h1-13,18,23H,14-17,19H2. The molecule has 1 amide bonds. The first kappa shape index (κ1) is 18.4. The van der Waals surface area contributed by atoms with E-state index < -0.39 is 0 Å². The van der Waals surface area contributed by atoms with Gasteiger partial charge in [-0.15, -0.1) is 0 Å². The van der Waals surface area contributed by atoms with Crippen molar-refractivity contribution in [2.45, 2.75) is 12.5 Å². The van der Waals surface area contributed by atoms with Gasteiger partial charge in [0, 0.05) is 45.1 Å². The van der Waals surface area contributed by atoms with Crippen molar-refractivity contribution in [1.29, 1.82) is 0 Å². The summed E-state index contributed by atoms with van der Waals surface area (Å²) >= 11 is 0. The number of hydrogen-bond acceptors (Lipinski definition) is 3. The van der Waals surface area contributed by atoms with Crippen molar-refractivity contribution in [2.24, 2.45) is 0 Å². The second-order valence-electron chi connectivity index (χ2n) is 7.22. The van der Waals surface area contributed by atoms with Gasteiger partial charge in [0.15, 0.2) is 0 Å². The van der Waals surface area contributed by atoms with Crippen molar-refractivity contribution in [3.63, 3.8) is 0 Å². The van der Waals surface area contributed by atoms with E-state index in [1.165, 1.54) is 5.56 Å². The van der Waals surface area contributed by atoms with Crippen LogP contribution in [0.2, 0.25) is 0 Å². The number of aromatic nitrogens is 1. The second-order valence-corrected chi connectivity index (χ2v) is 7.22. The molecule has 1 aromatic heterocycles. The van der Waals surface area contributed by atoms with Gasteiger partial charge in [-0.25, -0.2) is 0 Å². The Morgan fingerprint density at radius 2 is 1.43 bits per heavy atom. The van der Waals surface area contributed by atoms with Gasteiger partial charge in [0.05, 0.1) is 5.92 Å². The van der Waals surface area contributed by atoms with E-state index in [0.29, 0.717) is 0 Å². The van der Waals surface area contributed by atoms with E-state index in [-0.39, 0.29) is 11.8 Å². The van der Waals surface area contributed by atoms with Crippen LogP contribution in [0, 0.1) is 0 Å². The number of hydrogen-bond donors (Lipinski definition) is 0. The maximum absolute atomic E-state index is 13.5. The van der Waals surface area contributed by atoms with E-state index in [1.807, 2.05) is 77.8 Å². The van der Waals surface area contributed by atoms with Gasteiger partial charge in [-0.2, -0.15) is 0 Å². The van der Waals surface area contributed by atoms with Gasteiger partial charge >= 0.3 is 0 Å². The van der Waals surface area contributed by atoms with Gasteiger partial charge in [0.2, 0.25) is 5.91 Å². The molecule has 0 N–H and O–H groups in total. The lowest BCUT2D eigenvalue weighted by molar-refractivity contribution is -0.133. The number of carbonyl (C=O) groups excluding carboxylic acids is 1. The fraction of sp³-hybridized carbons (Fsp3) is 0.250. The average Bonchev–Trinajstić information content (AvgIpc) is 2.77. The van der Waals surface area contributed by atoms with Crippen molar-refractivity contribution in [3.05, 3.63) is 102 Å². The normalized spacial score (nSPS) is 15.0. The third-order valence-corrected chi connectivity index (χ3v) is 5.33. The minimum Gasteiger partial charge on any atom is -0.339 e. The minimum atomic E-state index is -0.243. The molecule has 4 rings (SSSR count). The quantitative estimate of drug-likeness (QED) is 0.688. The first-order chi connectivity index (χ1) is 13.8. The zero-order valence-electron chi connectivity index (χ0n) is 15.9. The van der Waals surface area contributed by atoms with Crippen LogP contribution in [0.15, 0.2) is 85.2 Å². The Labute approximate surface area is 166 Å². The molecule has 0 spiro atoms. The summed E-state index contributed by atoms with van der Waals surface area (Å²) in [6.45, 7) is 4.18. The largest absolute Gasteiger partial charge is 0.339 e. The molecule has 4 heteroatoms. The van der Waals surface area contributed by atoms with Crippen molar-refractivity contribution in [2.75, 3.05) is 26.2 Å². The highest BCUT2D eigenvalue weighted by molar-refractivity contribution is 5.87. The molecular weight excluding hydrogens is 346 g/mol. The number of benzene rings is 2. The molecule has 1 saturated heterocycles. The van der Waals surface area contributed by atoms with Crippen molar-refractivity contribution >= 4 is 5.91 Å². The summed E-state index contributed by atoms with van der Waals surface area (Å²) in [7, 11) is 0. The van der Waals surface area contributed by atoms with Crippen molar-refractivity contribution < 1.29 is 4.79 Å². The molecule has 1 aliphatic rings. The predicted molar refractivity (Wildman–Crippen MR) is 111 cm³/mol. The average molecular weight is 371 g/mol. The Morgan fingerprint density at radius 1 is 0.821 bits per heavy atom. The predicted octanol–water partition coefficient (Wildman–Crippen LogP) is 3.56. The van der Waals surface area contributed by atoms with Gasteiger partial charge in [0.1, 0.15) is 0 Å². The first-order valence-electron chi connectivity index (χ1n) is 9.81. The lowest BCUT2D eigenvalue weighted by atomic mass is 9.90. The van der Waals surface area contributed by atoms with E-state index in [2.05, 4.69) is 16.0 Å². The SMILES string of the molecule is O=C(C(c1ccccc1)c1ccccc1)N1CCN(Cc2cccnc2)CC1. The van der Waals surface area contributed by atoms with Crippen molar-refractivity contribution in [1.82, 2.24) is 14.8 Å². The highest BCUT2D eigenvalue weighted by Gasteiger charge is 2.29. The van der Waals surface area contributed by atoms with Gasteiger partial charge in [-0.05, 0) is 22.8 Å². The van der Waals surface area contributed by atoms with Crippen LogP contribution < -0.4 is 0 Å². The van der Waals surface area contributed by atoms with Crippen LogP contribution in [0.3, 0.4) is 0 Å². The zero-order valence-corrected chi connectivity index (χ0v) is 15.9. The molecule has 0 atom stereocenters. The van der Waals surface area contributed by atoms with Crippen LogP contribution in [-0.2, 0) is 11.3 Å². The van der Waals surface area contributed by atoms with Gasteiger partial charge in [-0.1, -0.05) is 66.7 Å². The highest BCUT2D eigenvalue weighted by atomic mass is 16.2. The Balaban J connectivity index is 1.46. The molecule has 1 aliphatic heterocycles. The minimum absolute atomic E-state index is 0.193. The molecule has 0 radical (unpaired) electrons. The summed E-state index contributed by atoms with van der Waals surface area (Å²) < 4.78 is 0. The molecule has 1 fully saturated rings. The molecule has 0 bridgehead atoms. The van der Waals surface area contributed by atoms with Crippen LogP contribution >= 0.6 is 0 Å². The molecule has 0 aliphatic carbocycles. The number of nitrogens with zero attached hydrogens (tertiary/aromatic N) is 3. The number of pyridine rings is 1. The molecular formula is C24H25N3O. The first-order valence-corrected chi connectivity index (χ1v) is 9.81. The monoisotopic (exact) mass is 371 g/mol. The van der Waals surface area contributed by atoms with Crippen LogP contribution in [-0.4, -0.2) is 46.9 Å². The van der Waals surface area contributed by atoms with E-state index in [4.69, 9.17) is 0 Å². The van der Waals surface area contributed by atoms with E-state index in [1.54, 1.807) is 6.20 Å². The van der Waals surface area contributed by atoms with Crippen LogP contribution in [0.4, 0.5) is 0 Å². The number of carbonyl (C=O) groups is 1. The molecule has 4 nitrogen and oxygen atoms in total. The Kier molecular flexibility index (Phi) is 5.78. The molecule has 2 aromatic carbocycles. The molecule has 2 heterocycles. The summed E-state index contributed by atoms with van der Waals surface area (Å²) in [5.41, 5.74) is 3.32. The summed E-state index contributed by atoms with van der Waals surface area (Å²) in [5.74, 6) is -0.0503. The molecule has 0 unspecified atom stereocenters. The van der Waals surface area contributed by atoms with Gasteiger partial charge in [0.25, 0.3) is 0 Å². The molecule has 28 heavy (non-hydrogen) atoms. The van der Waals surface area contributed by atoms with E-state index in [0.717, 1.165) is 43.9 Å². The summed E-state index contributed by atoms with van der Waals surface area (Å²) in [6.07, 6.45) is 3.71. The molecule has 0 saturated carbocycles. The third kappa shape index (κ3) is 4.29. The summed E-state index contributed by atoms with van der Waals surface area (Å²) in [6, 6.07) is 24.3. The fourth-order valence-electron chi connectivity index (χ4n) is 3.83. The summed E-state index contributed by atoms with van der Waals surface area (Å²) in [4.78, 5) is 22.1. The lowest BCUT2D eigenvalue weighted by Crippen LogP contribution is -2.49. The molecule has 3 aromatic rings. The second kappa shape index (κ2) is 8.81. The van der Waals surface area contributed by atoms with Gasteiger partial charge < -0.3 is 4.90 Å². The van der Waals surface area contributed by atoms with Crippen LogP contribution in [0.25, 0.3) is 0 Å². The maximum atomic E-state index is 13.5. The zero-order chi connectivity index (χ0) is 19.2. The maximum Gasteiger partial charge on any atom is 0.234 e. The lowest BCUT2D eigenvalue weighted by Gasteiger charge is -2.36. The fourth-order valence-corrected chi connectivity index (χ4v) is 3.83. The Bertz CT molecular complexity index is 836. The Hall–Kier alpha value is -2.98. The topological polar surface area (TPSA) is 36.4 Å². The van der Waals surface area contributed by atoms with Crippen molar-refractivity contribution in [3.8, 4) is 0 Å². The smallest absolute Gasteiger partial charge is 0.234 e. The van der Waals surface area contributed by atoms with E-state index >= 15 is 0 Å². The van der Waals surface area contributed by atoms with E-state index in [9.17, 15) is 4.79 Å². The van der Waals surface area contributed by atoms with Crippen LogP contribution in [0.1, 0.15) is 22.6 Å². The van der Waals surface area contributed by atoms with Crippen LogP contribution in [0.5, 0.6) is 0 Å². The number of piperazine rings is 1. The number of amides is 1. The molecule has 142 valence electrons. The van der Waals surface area contributed by atoms with Gasteiger partial charge in [-0.3, -0.25) is 14.7 Å². The third-order valence-electron chi connectivity index (χ3n) is 5.33. The Morgan fingerprint density at radius 3 is 1.96 bits per heavy atom. The number of rotatable bonds is 5.